The molecule has 1 amide bonds. The predicted molar refractivity (Wildman–Crippen MR) is 140 cm³/mol. The average molecular weight is 502 g/mol. The van der Waals surface area contributed by atoms with Crippen LogP contribution in [0.5, 0.6) is 0 Å². The molecular formula is C27H37ClFN5O. The van der Waals surface area contributed by atoms with Crippen molar-refractivity contribution in [1.82, 2.24) is 20.1 Å². The molecule has 190 valence electrons. The Kier molecular flexibility index (Phi) is 8.63. The van der Waals surface area contributed by atoms with Crippen LogP contribution in [0.3, 0.4) is 0 Å². The van der Waals surface area contributed by atoms with Crippen molar-refractivity contribution < 1.29 is 9.18 Å². The summed E-state index contributed by atoms with van der Waals surface area (Å²) in [5.41, 5.74) is 2.37. The highest BCUT2D eigenvalue weighted by Crippen LogP contribution is 2.28. The number of hydrogen-bond acceptors (Lipinski definition) is 5. The Hall–Kier alpha value is -2.22. The van der Waals surface area contributed by atoms with Crippen LogP contribution in [0.25, 0.3) is 0 Å². The second-order valence-corrected chi connectivity index (χ2v) is 10.1. The molecule has 4 rings (SSSR count). The maximum atomic E-state index is 14.2. The molecule has 35 heavy (non-hydrogen) atoms. The summed E-state index contributed by atoms with van der Waals surface area (Å²) in [6, 6.07) is 7.94. The first-order valence-corrected chi connectivity index (χ1v) is 13.2. The SMILES string of the molecule is CCNC(=O)c1cnc(N2CCN(C3CCN(Cc4ccc(Cl)cc4F)CC3)[C@@H](CC)C2)c(C)c1. The molecule has 2 aliphatic rings. The van der Waals surface area contributed by atoms with Crippen LogP contribution in [0.1, 0.15) is 54.6 Å². The Bertz CT molecular complexity index is 1030. The summed E-state index contributed by atoms with van der Waals surface area (Å²) in [4.78, 5) is 24.2. The molecular weight excluding hydrogens is 465 g/mol. The summed E-state index contributed by atoms with van der Waals surface area (Å²) in [6.07, 6.45) is 4.98. The van der Waals surface area contributed by atoms with E-state index in [2.05, 4.69) is 31.9 Å². The number of piperazine rings is 1. The van der Waals surface area contributed by atoms with Gasteiger partial charge in [0.1, 0.15) is 11.6 Å². The molecule has 1 aromatic heterocycles. The molecule has 2 saturated heterocycles. The van der Waals surface area contributed by atoms with Gasteiger partial charge in [0.15, 0.2) is 0 Å². The average Bonchev–Trinajstić information content (AvgIpc) is 2.86. The molecule has 6 nitrogen and oxygen atoms in total. The van der Waals surface area contributed by atoms with E-state index in [1.807, 2.05) is 19.9 Å². The lowest BCUT2D eigenvalue weighted by Crippen LogP contribution is -2.58. The van der Waals surface area contributed by atoms with E-state index >= 15 is 0 Å². The van der Waals surface area contributed by atoms with E-state index in [9.17, 15) is 9.18 Å². The highest BCUT2D eigenvalue weighted by atomic mass is 35.5. The van der Waals surface area contributed by atoms with Crippen LogP contribution in [0.4, 0.5) is 10.2 Å². The summed E-state index contributed by atoms with van der Waals surface area (Å²) in [5.74, 6) is 0.691. The third-order valence-corrected chi connectivity index (χ3v) is 7.62. The number of anilines is 1. The van der Waals surface area contributed by atoms with E-state index in [0.717, 1.165) is 63.4 Å². The number of aromatic nitrogens is 1. The van der Waals surface area contributed by atoms with Gasteiger partial charge < -0.3 is 10.2 Å². The molecule has 1 N–H and O–H groups in total. The fraction of sp³-hybridized carbons (Fsp3) is 0.556. The minimum Gasteiger partial charge on any atom is -0.354 e. The smallest absolute Gasteiger partial charge is 0.252 e. The van der Waals surface area contributed by atoms with Crippen LogP contribution in [0.15, 0.2) is 30.5 Å². The Labute approximate surface area is 213 Å². The van der Waals surface area contributed by atoms with Crippen molar-refractivity contribution in [2.45, 2.75) is 58.7 Å². The van der Waals surface area contributed by atoms with Gasteiger partial charge in [-0.3, -0.25) is 14.6 Å². The maximum absolute atomic E-state index is 14.2. The molecule has 0 bridgehead atoms. The lowest BCUT2D eigenvalue weighted by Gasteiger charge is -2.48. The second-order valence-electron chi connectivity index (χ2n) is 9.71. The molecule has 2 aliphatic heterocycles. The Morgan fingerprint density at radius 1 is 1.17 bits per heavy atom. The van der Waals surface area contributed by atoms with Gasteiger partial charge in [-0.2, -0.15) is 0 Å². The van der Waals surface area contributed by atoms with Gasteiger partial charge in [-0.05, 0) is 70.0 Å². The molecule has 0 radical (unpaired) electrons. The largest absolute Gasteiger partial charge is 0.354 e. The van der Waals surface area contributed by atoms with Gasteiger partial charge >= 0.3 is 0 Å². The highest BCUT2D eigenvalue weighted by Gasteiger charge is 2.34. The number of piperidine rings is 1. The first-order chi connectivity index (χ1) is 16.9. The lowest BCUT2D eigenvalue weighted by molar-refractivity contribution is 0.0607. The standard InChI is InChI=1S/C27H37ClFN5O/c1-4-23-18-33(26-19(3)14-21(16-31-26)27(35)30-5-2)12-13-34(23)24-8-10-32(11-9-24)17-20-6-7-22(28)15-25(20)29/h6-7,14-16,23-24H,4-5,8-13,17-18H2,1-3H3,(H,30,35)/t23-/m0/s1. The van der Waals surface area contributed by atoms with Gasteiger partial charge in [-0.25, -0.2) is 9.37 Å². The van der Waals surface area contributed by atoms with Crippen LogP contribution in [0.2, 0.25) is 5.02 Å². The van der Waals surface area contributed by atoms with E-state index in [1.54, 1.807) is 18.3 Å². The number of pyridine rings is 1. The molecule has 3 heterocycles. The lowest BCUT2D eigenvalue weighted by atomic mass is 9.97. The molecule has 0 aliphatic carbocycles. The molecule has 2 aromatic rings. The number of benzene rings is 1. The van der Waals surface area contributed by atoms with Crippen molar-refractivity contribution in [2.75, 3.05) is 44.2 Å². The van der Waals surface area contributed by atoms with Crippen LogP contribution in [-0.4, -0.2) is 72.0 Å². The zero-order valence-electron chi connectivity index (χ0n) is 21.1. The number of rotatable bonds is 7. The van der Waals surface area contributed by atoms with Gasteiger partial charge in [0.25, 0.3) is 5.91 Å². The third kappa shape index (κ3) is 6.13. The monoisotopic (exact) mass is 501 g/mol. The summed E-state index contributed by atoms with van der Waals surface area (Å²) >= 11 is 5.90. The van der Waals surface area contributed by atoms with Crippen LogP contribution in [-0.2, 0) is 6.54 Å². The van der Waals surface area contributed by atoms with Crippen molar-refractivity contribution in [1.29, 1.82) is 0 Å². The Morgan fingerprint density at radius 2 is 1.94 bits per heavy atom. The van der Waals surface area contributed by atoms with Crippen molar-refractivity contribution in [3.8, 4) is 0 Å². The first-order valence-electron chi connectivity index (χ1n) is 12.8. The maximum Gasteiger partial charge on any atom is 0.252 e. The number of aryl methyl sites for hydroxylation is 1. The highest BCUT2D eigenvalue weighted by molar-refractivity contribution is 6.30. The summed E-state index contributed by atoms with van der Waals surface area (Å²) in [7, 11) is 0. The number of carbonyl (C=O) groups excluding carboxylic acids is 1. The number of amides is 1. The number of likely N-dealkylation sites (tertiary alicyclic amines) is 1. The van der Waals surface area contributed by atoms with Crippen LogP contribution < -0.4 is 10.2 Å². The fourth-order valence-corrected chi connectivity index (χ4v) is 5.65. The third-order valence-electron chi connectivity index (χ3n) is 7.38. The predicted octanol–water partition coefficient (Wildman–Crippen LogP) is 4.50. The van der Waals surface area contributed by atoms with Gasteiger partial charge in [-0.15, -0.1) is 0 Å². The Morgan fingerprint density at radius 3 is 2.60 bits per heavy atom. The number of carbonyl (C=O) groups is 1. The minimum atomic E-state index is -0.218. The topological polar surface area (TPSA) is 51.7 Å². The van der Waals surface area contributed by atoms with Gasteiger partial charge in [-0.1, -0.05) is 24.6 Å². The zero-order chi connectivity index (χ0) is 24.9. The molecule has 2 fully saturated rings. The molecule has 0 unspecified atom stereocenters. The molecule has 1 atom stereocenters. The van der Waals surface area contributed by atoms with E-state index in [1.165, 1.54) is 6.07 Å². The fourth-order valence-electron chi connectivity index (χ4n) is 5.49. The minimum absolute atomic E-state index is 0.0731. The van der Waals surface area contributed by atoms with Gasteiger partial charge in [0, 0.05) is 61.6 Å². The Balaban J connectivity index is 1.34. The molecule has 8 heteroatoms. The van der Waals surface area contributed by atoms with Crippen molar-refractivity contribution >= 4 is 23.3 Å². The van der Waals surface area contributed by atoms with Crippen molar-refractivity contribution in [3.05, 3.63) is 58.0 Å². The first kappa shape index (κ1) is 25.9. The molecule has 1 aromatic carbocycles. The number of halogens is 2. The molecule has 0 spiro atoms. The number of hydrogen-bond donors (Lipinski definition) is 1. The van der Waals surface area contributed by atoms with E-state index in [-0.39, 0.29) is 11.7 Å². The zero-order valence-corrected chi connectivity index (χ0v) is 21.8. The summed E-state index contributed by atoms with van der Waals surface area (Å²) in [6.45, 7) is 12.3. The van der Waals surface area contributed by atoms with Crippen LogP contribution in [0, 0.1) is 12.7 Å². The van der Waals surface area contributed by atoms with E-state index in [4.69, 9.17) is 11.6 Å². The second kappa shape index (κ2) is 11.7. The number of nitrogens with zero attached hydrogens (tertiary/aromatic N) is 4. The normalized spacial score (nSPS) is 20.3. The van der Waals surface area contributed by atoms with Gasteiger partial charge in [0.2, 0.25) is 0 Å². The van der Waals surface area contributed by atoms with E-state index in [0.29, 0.717) is 41.3 Å². The van der Waals surface area contributed by atoms with Crippen molar-refractivity contribution in [2.24, 2.45) is 0 Å². The summed E-state index contributed by atoms with van der Waals surface area (Å²) in [5, 5.41) is 3.28. The van der Waals surface area contributed by atoms with E-state index < -0.39 is 0 Å². The van der Waals surface area contributed by atoms with Gasteiger partial charge in [0.05, 0.1) is 5.56 Å². The van der Waals surface area contributed by atoms with Crippen molar-refractivity contribution in [3.63, 3.8) is 0 Å². The number of nitrogens with one attached hydrogen (secondary N) is 1. The molecule has 0 saturated carbocycles. The van der Waals surface area contributed by atoms with Crippen LogP contribution >= 0.6 is 11.6 Å². The quantitative estimate of drug-likeness (QED) is 0.605. The summed E-state index contributed by atoms with van der Waals surface area (Å²) < 4.78 is 14.2.